The highest BCUT2D eigenvalue weighted by atomic mass is 35.5. The van der Waals surface area contributed by atoms with Crippen LogP contribution in [0.4, 0.5) is 4.39 Å². The first-order valence-corrected chi connectivity index (χ1v) is 5.75. The molecule has 5 heteroatoms. The lowest BCUT2D eigenvalue weighted by Crippen LogP contribution is -2.06. The Balaban J connectivity index is 2.19. The summed E-state index contributed by atoms with van der Waals surface area (Å²) in [6, 6.07) is 7.55. The minimum atomic E-state index is -0.364. The van der Waals surface area contributed by atoms with Crippen LogP contribution in [0.15, 0.2) is 36.5 Å². The number of hydrogen-bond donors (Lipinski definition) is 0. The third-order valence-corrected chi connectivity index (χ3v) is 2.76. The van der Waals surface area contributed by atoms with Gasteiger partial charge in [0.1, 0.15) is 12.1 Å². The van der Waals surface area contributed by atoms with Gasteiger partial charge in [-0.25, -0.2) is 14.4 Å². The Morgan fingerprint density at radius 3 is 2.61 bits per heavy atom. The largest absolute Gasteiger partial charge is 0.303 e. The van der Waals surface area contributed by atoms with Gasteiger partial charge in [0, 0.05) is 24.2 Å². The molecule has 0 saturated carbocycles. The Hall–Kier alpha value is -1.81. The Kier molecular flexibility index (Phi) is 3.99. The van der Waals surface area contributed by atoms with Crippen LogP contribution in [-0.2, 0) is 11.2 Å². The second-order valence-corrected chi connectivity index (χ2v) is 4.15. The van der Waals surface area contributed by atoms with Crippen molar-refractivity contribution in [3.8, 4) is 0 Å². The normalized spacial score (nSPS) is 12.1. The van der Waals surface area contributed by atoms with E-state index in [9.17, 15) is 9.18 Å². The molecule has 1 atom stereocenters. The average Bonchev–Trinajstić information content (AvgIpc) is 2.37. The molecule has 0 spiro atoms. The number of carbonyl (C=O) groups is 1. The third kappa shape index (κ3) is 3.11. The van der Waals surface area contributed by atoms with Gasteiger partial charge in [-0.05, 0) is 35.4 Å². The molecule has 1 aromatic carbocycles. The highest BCUT2D eigenvalue weighted by Crippen LogP contribution is 2.18. The predicted molar refractivity (Wildman–Crippen MR) is 66.0 cm³/mol. The minimum Gasteiger partial charge on any atom is -0.303 e. The van der Waals surface area contributed by atoms with Gasteiger partial charge in [-0.15, -0.1) is 0 Å². The summed E-state index contributed by atoms with van der Waals surface area (Å²) < 4.78 is 12.8. The summed E-state index contributed by atoms with van der Waals surface area (Å²) in [6.45, 7) is 0. The molecule has 0 N–H and O–H groups in total. The summed E-state index contributed by atoms with van der Waals surface area (Å²) in [4.78, 5) is 18.9. The summed E-state index contributed by atoms with van der Waals surface area (Å²) in [6.07, 6.45) is 2.78. The molecule has 0 amide bonds. The average molecular weight is 265 g/mol. The van der Waals surface area contributed by atoms with E-state index in [1.165, 1.54) is 18.3 Å². The first-order chi connectivity index (χ1) is 8.69. The van der Waals surface area contributed by atoms with Crippen LogP contribution in [0.3, 0.4) is 0 Å². The van der Waals surface area contributed by atoms with Gasteiger partial charge in [-0.2, -0.15) is 0 Å². The van der Waals surface area contributed by atoms with Crippen molar-refractivity contribution in [2.24, 2.45) is 0 Å². The number of halogens is 2. The van der Waals surface area contributed by atoms with Gasteiger partial charge < -0.3 is 4.79 Å². The zero-order valence-electron chi connectivity index (χ0n) is 9.38. The maximum absolute atomic E-state index is 12.8. The summed E-state index contributed by atoms with van der Waals surface area (Å²) in [5.74, 6) is -0.690. The SMILES string of the molecule is O=CC(Cc1ccnc(Cl)n1)c1ccc(F)cc1. The molecule has 0 aliphatic heterocycles. The smallest absolute Gasteiger partial charge is 0.222 e. The Morgan fingerprint density at radius 1 is 1.28 bits per heavy atom. The number of rotatable bonds is 4. The lowest BCUT2D eigenvalue weighted by Gasteiger charge is -2.10. The Bertz CT molecular complexity index is 545. The van der Waals surface area contributed by atoms with Gasteiger partial charge in [-0.1, -0.05) is 12.1 Å². The lowest BCUT2D eigenvalue weighted by molar-refractivity contribution is -0.109. The van der Waals surface area contributed by atoms with E-state index in [2.05, 4.69) is 9.97 Å². The molecule has 18 heavy (non-hydrogen) atoms. The van der Waals surface area contributed by atoms with Gasteiger partial charge >= 0.3 is 0 Å². The summed E-state index contributed by atoms with van der Waals surface area (Å²) in [5, 5.41) is 0.149. The second-order valence-electron chi connectivity index (χ2n) is 3.82. The number of benzene rings is 1. The van der Waals surface area contributed by atoms with Crippen LogP contribution in [-0.4, -0.2) is 16.3 Å². The second kappa shape index (κ2) is 5.69. The van der Waals surface area contributed by atoms with Crippen LogP contribution in [0.5, 0.6) is 0 Å². The van der Waals surface area contributed by atoms with Crippen molar-refractivity contribution in [1.82, 2.24) is 9.97 Å². The molecule has 0 aliphatic rings. The standard InChI is InChI=1S/C13H10ClFN2O/c14-13-16-6-5-12(17-13)7-10(8-18)9-1-3-11(15)4-2-9/h1-6,8,10H,7H2. The summed E-state index contributed by atoms with van der Waals surface area (Å²) in [7, 11) is 0. The summed E-state index contributed by atoms with van der Waals surface area (Å²) >= 11 is 5.68. The highest BCUT2D eigenvalue weighted by molar-refractivity contribution is 6.28. The number of hydrogen-bond acceptors (Lipinski definition) is 3. The Morgan fingerprint density at radius 2 is 2.00 bits per heavy atom. The van der Waals surface area contributed by atoms with Gasteiger partial charge in [0.15, 0.2) is 0 Å². The molecule has 0 fully saturated rings. The van der Waals surface area contributed by atoms with Crippen molar-refractivity contribution in [2.75, 3.05) is 0 Å². The van der Waals surface area contributed by atoms with E-state index in [0.29, 0.717) is 12.1 Å². The molecular formula is C13H10ClFN2O. The number of nitrogens with zero attached hydrogens (tertiary/aromatic N) is 2. The molecule has 3 nitrogen and oxygen atoms in total. The van der Waals surface area contributed by atoms with Gasteiger partial charge in [0.25, 0.3) is 0 Å². The van der Waals surface area contributed by atoms with Gasteiger partial charge in [0.05, 0.1) is 0 Å². The van der Waals surface area contributed by atoms with Crippen molar-refractivity contribution >= 4 is 17.9 Å². The zero-order valence-corrected chi connectivity index (χ0v) is 10.1. The number of aldehydes is 1. The number of carbonyl (C=O) groups excluding carboxylic acids is 1. The van der Waals surface area contributed by atoms with E-state index in [-0.39, 0.29) is 17.0 Å². The van der Waals surface area contributed by atoms with Crippen LogP contribution in [0.2, 0.25) is 5.28 Å². The molecule has 0 radical (unpaired) electrons. The van der Waals surface area contributed by atoms with Crippen molar-refractivity contribution in [1.29, 1.82) is 0 Å². The fraction of sp³-hybridized carbons (Fsp3) is 0.154. The van der Waals surface area contributed by atoms with Gasteiger partial charge in [0.2, 0.25) is 5.28 Å². The maximum atomic E-state index is 12.8. The molecule has 1 aromatic heterocycles. The van der Waals surface area contributed by atoms with E-state index in [0.717, 1.165) is 11.8 Å². The zero-order chi connectivity index (χ0) is 13.0. The van der Waals surface area contributed by atoms with Crippen LogP contribution >= 0.6 is 11.6 Å². The topological polar surface area (TPSA) is 42.9 Å². The minimum absolute atomic E-state index is 0.149. The quantitative estimate of drug-likeness (QED) is 0.630. The van der Waals surface area contributed by atoms with E-state index in [4.69, 9.17) is 11.6 Å². The van der Waals surface area contributed by atoms with E-state index in [1.54, 1.807) is 18.2 Å². The molecule has 0 saturated heterocycles. The van der Waals surface area contributed by atoms with Crippen molar-refractivity contribution in [3.05, 3.63) is 58.9 Å². The first kappa shape index (κ1) is 12.6. The highest BCUT2D eigenvalue weighted by Gasteiger charge is 2.12. The fourth-order valence-electron chi connectivity index (χ4n) is 1.66. The van der Waals surface area contributed by atoms with Crippen molar-refractivity contribution in [2.45, 2.75) is 12.3 Å². The van der Waals surface area contributed by atoms with Gasteiger partial charge in [-0.3, -0.25) is 0 Å². The monoisotopic (exact) mass is 264 g/mol. The molecule has 1 unspecified atom stereocenters. The lowest BCUT2D eigenvalue weighted by atomic mass is 9.95. The maximum Gasteiger partial charge on any atom is 0.222 e. The molecule has 0 bridgehead atoms. The molecule has 92 valence electrons. The molecule has 2 aromatic rings. The fourth-order valence-corrected chi connectivity index (χ4v) is 1.83. The Labute approximate surface area is 109 Å². The molecule has 0 aliphatic carbocycles. The first-order valence-electron chi connectivity index (χ1n) is 5.37. The summed E-state index contributed by atoms with van der Waals surface area (Å²) in [5.41, 5.74) is 1.43. The number of aromatic nitrogens is 2. The van der Waals surface area contributed by atoms with Crippen LogP contribution in [0.25, 0.3) is 0 Å². The third-order valence-electron chi connectivity index (χ3n) is 2.58. The van der Waals surface area contributed by atoms with Crippen LogP contribution < -0.4 is 0 Å². The van der Waals surface area contributed by atoms with Crippen LogP contribution in [0.1, 0.15) is 17.2 Å². The van der Waals surface area contributed by atoms with Crippen molar-refractivity contribution < 1.29 is 9.18 Å². The van der Waals surface area contributed by atoms with E-state index < -0.39 is 0 Å². The van der Waals surface area contributed by atoms with Crippen LogP contribution in [0, 0.1) is 5.82 Å². The van der Waals surface area contributed by atoms with E-state index in [1.807, 2.05) is 0 Å². The molecule has 2 rings (SSSR count). The van der Waals surface area contributed by atoms with E-state index >= 15 is 0 Å². The molecular weight excluding hydrogens is 255 g/mol. The van der Waals surface area contributed by atoms with Crippen molar-refractivity contribution in [3.63, 3.8) is 0 Å². The molecule has 1 heterocycles. The predicted octanol–water partition coefficient (Wildman–Crippen LogP) is 2.79.